The minimum Gasteiger partial charge on any atom is -0.504 e. The number of anilines is 2. The van der Waals surface area contributed by atoms with Gasteiger partial charge in [0.25, 0.3) is 11.8 Å². The molecule has 56 heavy (non-hydrogen) atoms. The molecule has 13 heteroatoms. The van der Waals surface area contributed by atoms with Gasteiger partial charge in [-0.25, -0.2) is 9.29 Å². The SMILES string of the molecule is COc1ccc(OC)c(C=Cc2ccc(N3C(=O)C4CC=C5C(CC6(Cl)C(=O)N(c7ccc(F)cc7)C(=O)C6(Cl)C5c5ccc(O)c(OC)c5)C4C3=O)cc2)c1. The lowest BCUT2D eigenvalue weighted by atomic mass is 9.56. The average molecular weight is 798 g/mol. The van der Waals surface area contributed by atoms with E-state index in [1.807, 2.05) is 30.4 Å². The number of rotatable bonds is 8. The third-order valence-corrected chi connectivity index (χ3v) is 12.9. The minimum absolute atomic E-state index is 0.0759. The maximum Gasteiger partial charge on any atom is 0.258 e. The van der Waals surface area contributed by atoms with E-state index in [0.717, 1.165) is 28.2 Å². The number of allylic oxidation sites excluding steroid dienone is 2. The van der Waals surface area contributed by atoms with E-state index in [4.69, 9.17) is 37.4 Å². The Bertz CT molecular complexity index is 2370. The number of alkyl halides is 2. The van der Waals surface area contributed by atoms with Crippen molar-refractivity contribution in [2.45, 2.75) is 28.5 Å². The van der Waals surface area contributed by atoms with E-state index in [-0.39, 0.29) is 30.0 Å². The fourth-order valence-corrected chi connectivity index (χ4v) is 9.73. The van der Waals surface area contributed by atoms with Crippen molar-refractivity contribution in [3.63, 3.8) is 0 Å². The number of methoxy groups -OCH3 is 3. The number of carbonyl (C=O) groups excluding carboxylic acids is 4. The van der Waals surface area contributed by atoms with E-state index in [1.54, 1.807) is 50.6 Å². The lowest BCUT2D eigenvalue weighted by Crippen LogP contribution is -2.60. The van der Waals surface area contributed by atoms with Gasteiger partial charge in [0.15, 0.2) is 21.2 Å². The number of hydrogen-bond donors (Lipinski definition) is 1. The first kappa shape index (κ1) is 37.3. The Morgan fingerprint density at radius 2 is 1.43 bits per heavy atom. The molecule has 2 saturated heterocycles. The summed E-state index contributed by atoms with van der Waals surface area (Å²) in [5, 5.41) is 10.5. The molecule has 8 rings (SSSR count). The van der Waals surface area contributed by atoms with Crippen LogP contribution < -0.4 is 24.0 Å². The number of benzene rings is 4. The summed E-state index contributed by atoms with van der Waals surface area (Å²) < 4.78 is 30.2. The molecule has 2 aliphatic heterocycles. The van der Waals surface area contributed by atoms with Gasteiger partial charge in [-0.15, -0.1) is 23.2 Å². The number of carbonyl (C=O) groups is 4. The Balaban J connectivity index is 1.16. The number of imide groups is 2. The number of amides is 4. The summed E-state index contributed by atoms with van der Waals surface area (Å²) in [6.07, 6.45) is 5.50. The molecule has 1 N–H and O–H groups in total. The van der Waals surface area contributed by atoms with Gasteiger partial charge >= 0.3 is 0 Å². The summed E-state index contributed by atoms with van der Waals surface area (Å²) in [6.45, 7) is 0. The first-order valence-electron chi connectivity index (χ1n) is 17.8. The number of halogens is 3. The molecule has 6 unspecified atom stereocenters. The van der Waals surface area contributed by atoms with E-state index in [2.05, 4.69) is 0 Å². The molecular formula is C43H35Cl2FN2O8. The molecule has 3 fully saturated rings. The van der Waals surface area contributed by atoms with E-state index < -0.39 is 62.9 Å². The molecule has 4 aliphatic rings. The first-order chi connectivity index (χ1) is 26.9. The summed E-state index contributed by atoms with van der Waals surface area (Å²) in [7, 11) is 4.53. The molecule has 0 radical (unpaired) electrons. The quantitative estimate of drug-likeness (QED) is 0.0843. The third-order valence-electron chi connectivity index (χ3n) is 11.5. The molecule has 0 aromatic heterocycles. The second kappa shape index (κ2) is 13.8. The Kier molecular flexibility index (Phi) is 9.20. The van der Waals surface area contributed by atoms with Crippen molar-refractivity contribution in [1.29, 1.82) is 0 Å². The minimum atomic E-state index is -2.12. The number of hydrogen-bond acceptors (Lipinski definition) is 8. The monoisotopic (exact) mass is 796 g/mol. The van der Waals surface area contributed by atoms with E-state index >= 15 is 0 Å². The molecule has 2 aliphatic carbocycles. The number of phenols is 1. The van der Waals surface area contributed by atoms with Crippen LogP contribution in [0.5, 0.6) is 23.0 Å². The van der Waals surface area contributed by atoms with Crippen molar-refractivity contribution in [3.05, 3.63) is 119 Å². The number of nitrogens with zero attached hydrogens (tertiary/aromatic N) is 2. The van der Waals surface area contributed by atoms with E-state index in [1.165, 1.54) is 36.3 Å². The average Bonchev–Trinajstić information content (AvgIpc) is 3.55. The summed E-state index contributed by atoms with van der Waals surface area (Å²) >= 11 is 14.9. The van der Waals surface area contributed by atoms with Crippen LogP contribution in [0.4, 0.5) is 15.8 Å². The fourth-order valence-electron chi connectivity index (χ4n) is 8.79. The molecule has 6 atom stereocenters. The fraction of sp³-hybridized carbons (Fsp3) is 0.256. The molecular weight excluding hydrogens is 762 g/mol. The standard InChI is InChI=1S/C43H35Cl2FN2O8/c1-54-29-15-19-34(55-2)24(20-29)7-4-23-5-11-27(12-6-23)47-38(50)31-17-16-30-32(36(31)39(47)51)22-42(44)40(52)48(28-13-9-26(46)10-14-28)41(53)43(42,45)37(30)25-8-18-33(49)35(21-25)56-3/h4-16,18-21,31-32,36-37,49H,17,22H2,1-3H3. The zero-order valence-electron chi connectivity index (χ0n) is 30.4. The van der Waals surface area contributed by atoms with Crippen LogP contribution in [-0.2, 0) is 19.2 Å². The molecule has 0 spiro atoms. The van der Waals surface area contributed by atoms with Crippen LogP contribution in [0.3, 0.4) is 0 Å². The van der Waals surface area contributed by atoms with Crippen LogP contribution in [-0.4, -0.2) is 59.8 Å². The van der Waals surface area contributed by atoms with Crippen molar-refractivity contribution < 1.29 is 42.9 Å². The van der Waals surface area contributed by atoms with E-state index in [9.17, 15) is 28.7 Å². The topological polar surface area (TPSA) is 123 Å². The molecule has 4 aromatic carbocycles. The van der Waals surface area contributed by atoms with Crippen molar-refractivity contribution in [2.75, 3.05) is 31.1 Å². The lowest BCUT2D eigenvalue weighted by molar-refractivity contribution is -0.125. The molecule has 4 amide bonds. The lowest BCUT2D eigenvalue weighted by Gasteiger charge is -2.50. The Morgan fingerprint density at radius 1 is 0.750 bits per heavy atom. The largest absolute Gasteiger partial charge is 0.504 e. The smallest absolute Gasteiger partial charge is 0.258 e. The highest BCUT2D eigenvalue weighted by Crippen LogP contribution is 2.66. The van der Waals surface area contributed by atoms with Crippen LogP contribution in [0.15, 0.2) is 96.6 Å². The Morgan fingerprint density at radius 3 is 2.11 bits per heavy atom. The molecule has 4 aromatic rings. The second-order valence-corrected chi connectivity index (χ2v) is 15.5. The van der Waals surface area contributed by atoms with Crippen LogP contribution in [0, 0.1) is 23.6 Å². The predicted octanol–water partition coefficient (Wildman–Crippen LogP) is 7.50. The maximum atomic E-state index is 14.6. The first-order valence-corrected chi connectivity index (χ1v) is 18.6. The van der Waals surface area contributed by atoms with Gasteiger partial charge in [0.1, 0.15) is 17.3 Å². The van der Waals surface area contributed by atoms with Crippen LogP contribution in [0.25, 0.3) is 12.2 Å². The highest BCUT2D eigenvalue weighted by Gasteiger charge is 2.76. The highest BCUT2D eigenvalue weighted by atomic mass is 35.5. The Hall–Kier alpha value is -5.65. The Labute approximate surface area is 331 Å². The third kappa shape index (κ3) is 5.50. The molecule has 286 valence electrons. The molecule has 10 nitrogen and oxygen atoms in total. The summed E-state index contributed by atoms with van der Waals surface area (Å²) in [5.74, 6) is -5.40. The predicted molar refractivity (Wildman–Crippen MR) is 209 cm³/mol. The van der Waals surface area contributed by atoms with Crippen molar-refractivity contribution >= 4 is 70.4 Å². The van der Waals surface area contributed by atoms with Gasteiger partial charge < -0.3 is 19.3 Å². The van der Waals surface area contributed by atoms with Crippen molar-refractivity contribution in [1.82, 2.24) is 0 Å². The number of aromatic hydroxyl groups is 1. The van der Waals surface area contributed by atoms with Crippen molar-refractivity contribution in [2.24, 2.45) is 17.8 Å². The van der Waals surface area contributed by atoms with E-state index in [0.29, 0.717) is 28.3 Å². The van der Waals surface area contributed by atoms with Gasteiger partial charge in [-0.05, 0) is 96.6 Å². The summed E-state index contributed by atoms with van der Waals surface area (Å²) in [5.41, 5.74) is 3.03. The van der Waals surface area contributed by atoms with Gasteiger partial charge in [0, 0.05) is 11.5 Å². The summed E-state index contributed by atoms with van der Waals surface area (Å²) in [4.78, 5) is 55.6. The van der Waals surface area contributed by atoms with Crippen LogP contribution >= 0.6 is 23.2 Å². The second-order valence-electron chi connectivity index (χ2n) is 14.2. The van der Waals surface area contributed by atoms with Crippen molar-refractivity contribution in [3.8, 4) is 23.0 Å². The van der Waals surface area contributed by atoms with Gasteiger partial charge in [-0.3, -0.25) is 24.1 Å². The van der Waals surface area contributed by atoms with Gasteiger partial charge in [0.2, 0.25) is 11.8 Å². The molecule has 2 heterocycles. The van der Waals surface area contributed by atoms with Crippen LogP contribution in [0.2, 0.25) is 0 Å². The normalized spacial score (nSPS) is 26.9. The van der Waals surface area contributed by atoms with Gasteiger partial charge in [0.05, 0.1) is 44.5 Å². The number of phenolic OH excluding ortho intramolecular Hbond substituents is 1. The van der Waals surface area contributed by atoms with Gasteiger partial charge in [-0.2, -0.15) is 0 Å². The number of fused-ring (bicyclic) bond motifs is 4. The summed E-state index contributed by atoms with van der Waals surface area (Å²) in [6, 6.07) is 21.7. The van der Waals surface area contributed by atoms with Crippen LogP contribution in [0.1, 0.15) is 35.4 Å². The number of ether oxygens (including phenoxy) is 3. The zero-order valence-corrected chi connectivity index (χ0v) is 31.9. The zero-order chi connectivity index (χ0) is 39.7. The highest BCUT2D eigenvalue weighted by molar-refractivity contribution is 6.58. The van der Waals surface area contributed by atoms with Gasteiger partial charge in [-0.1, -0.05) is 42.0 Å². The maximum absolute atomic E-state index is 14.6. The molecule has 0 bridgehead atoms. The molecule has 1 saturated carbocycles.